The Morgan fingerprint density at radius 3 is 2.39 bits per heavy atom. The lowest BCUT2D eigenvalue weighted by atomic mass is 10.2. The van der Waals surface area contributed by atoms with Gasteiger partial charge in [-0.05, 0) is 18.2 Å². The van der Waals surface area contributed by atoms with E-state index in [-0.39, 0.29) is 10.2 Å². The molecule has 98 valence electrons. The standard InChI is InChI=1S/C10H7BrF3NO3/c1-18-9(17)8(16)15-7-3-5(10(12,13)14)2-6(11)4-7/h2-4H,1H3,(H,15,16). The summed E-state index contributed by atoms with van der Waals surface area (Å²) >= 11 is 2.88. The highest BCUT2D eigenvalue weighted by Crippen LogP contribution is 2.33. The second kappa shape index (κ2) is 5.38. The lowest BCUT2D eigenvalue weighted by molar-refractivity contribution is -0.150. The van der Waals surface area contributed by atoms with Crippen LogP contribution in [0.25, 0.3) is 0 Å². The Bertz CT molecular complexity index is 488. The van der Waals surface area contributed by atoms with E-state index in [0.29, 0.717) is 6.07 Å². The van der Waals surface area contributed by atoms with Gasteiger partial charge in [0.2, 0.25) is 0 Å². The maximum absolute atomic E-state index is 12.5. The van der Waals surface area contributed by atoms with Gasteiger partial charge in [0.25, 0.3) is 0 Å². The molecule has 1 amide bonds. The molecule has 0 bridgehead atoms. The molecule has 0 spiro atoms. The average Bonchev–Trinajstić information content (AvgIpc) is 2.25. The van der Waals surface area contributed by atoms with E-state index in [1.807, 2.05) is 5.32 Å². The van der Waals surface area contributed by atoms with Crippen molar-refractivity contribution in [3.8, 4) is 0 Å². The number of carbonyl (C=O) groups is 2. The highest BCUT2D eigenvalue weighted by molar-refractivity contribution is 9.10. The molecule has 0 unspecified atom stereocenters. The molecule has 4 nitrogen and oxygen atoms in total. The predicted octanol–water partition coefficient (Wildman–Crippen LogP) is 2.58. The number of amides is 1. The number of benzene rings is 1. The average molecular weight is 326 g/mol. The zero-order chi connectivity index (χ0) is 13.9. The first-order valence-electron chi connectivity index (χ1n) is 4.51. The molecule has 0 atom stereocenters. The van der Waals surface area contributed by atoms with E-state index in [9.17, 15) is 22.8 Å². The third kappa shape index (κ3) is 3.73. The van der Waals surface area contributed by atoms with Crippen LogP contribution in [0.3, 0.4) is 0 Å². The van der Waals surface area contributed by atoms with E-state index in [2.05, 4.69) is 20.7 Å². The Morgan fingerprint density at radius 1 is 1.28 bits per heavy atom. The smallest absolute Gasteiger partial charge is 0.416 e. The summed E-state index contributed by atoms with van der Waals surface area (Å²) in [5.41, 5.74) is -1.11. The van der Waals surface area contributed by atoms with E-state index < -0.39 is 23.6 Å². The Hall–Kier alpha value is -1.57. The first-order chi connectivity index (χ1) is 8.24. The van der Waals surface area contributed by atoms with Crippen molar-refractivity contribution < 1.29 is 27.5 Å². The Morgan fingerprint density at radius 2 is 1.89 bits per heavy atom. The van der Waals surface area contributed by atoms with E-state index in [0.717, 1.165) is 13.2 Å². The highest BCUT2D eigenvalue weighted by atomic mass is 79.9. The Labute approximate surface area is 108 Å². The van der Waals surface area contributed by atoms with E-state index in [1.54, 1.807) is 0 Å². The molecule has 18 heavy (non-hydrogen) atoms. The van der Waals surface area contributed by atoms with Gasteiger partial charge in [-0.2, -0.15) is 13.2 Å². The molecule has 0 radical (unpaired) electrons. The van der Waals surface area contributed by atoms with Gasteiger partial charge in [-0.1, -0.05) is 15.9 Å². The summed E-state index contributed by atoms with van der Waals surface area (Å²) in [5, 5.41) is 2.00. The fraction of sp³-hybridized carbons (Fsp3) is 0.200. The third-order valence-electron chi connectivity index (χ3n) is 1.85. The number of alkyl halides is 3. The van der Waals surface area contributed by atoms with Gasteiger partial charge in [0.1, 0.15) is 0 Å². The number of hydrogen-bond acceptors (Lipinski definition) is 3. The molecule has 1 N–H and O–H groups in total. The number of methoxy groups -OCH3 is 1. The second-order valence-electron chi connectivity index (χ2n) is 3.17. The van der Waals surface area contributed by atoms with Gasteiger partial charge in [0.05, 0.1) is 12.7 Å². The summed E-state index contributed by atoms with van der Waals surface area (Å²) in [6.07, 6.45) is -4.55. The number of halogens is 4. The van der Waals surface area contributed by atoms with Gasteiger partial charge in [-0.3, -0.25) is 4.79 Å². The van der Waals surface area contributed by atoms with Crippen LogP contribution in [0.15, 0.2) is 22.7 Å². The second-order valence-corrected chi connectivity index (χ2v) is 4.09. The topological polar surface area (TPSA) is 55.4 Å². The summed E-state index contributed by atoms with van der Waals surface area (Å²) < 4.78 is 41.7. The zero-order valence-corrected chi connectivity index (χ0v) is 10.6. The minimum Gasteiger partial charge on any atom is -0.462 e. The minimum atomic E-state index is -4.55. The maximum atomic E-state index is 12.5. The van der Waals surface area contributed by atoms with Crippen molar-refractivity contribution >= 4 is 33.5 Å². The van der Waals surface area contributed by atoms with Gasteiger partial charge >= 0.3 is 18.1 Å². The molecular weight excluding hydrogens is 319 g/mol. The largest absolute Gasteiger partial charge is 0.462 e. The lowest BCUT2D eigenvalue weighted by Crippen LogP contribution is -2.24. The van der Waals surface area contributed by atoms with Crippen LogP contribution >= 0.6 is 15.9 Å². The van der Waals surface area contributed by atoms with Gasteiger partial charge in [0.15, 0.2) is 0 Å². The monoisotopic (exact) mass is 325 g/mol. The fourth-order valence-corrected chi connectivity index (χ4v) is 1.59. The lowest BCUT2D eigenvalue weighted by Gasteiger charge is -2.10. The minimum absolute atomic E-state index is 0.123. The molecule has 0 aliphatic rings. The fourth-order valence-electron chi connectivity index (χ4n) is 1.10. The molecule has 8 heteroatoms. The number of carbonyl (C=O) groups excluding carboxylic acids is 2. The normalized spacial score (nSPS) is 10.9. The molecular formula is C10H7BrF3NO3. The van der Waals surface area contributed by atoms with Crippen molar-refractivity contribution in [3.63, 3.8) is 0 Å². The summed E-state index contributed by atoms with van der Waals surface area (Å²) in [5.74, 6) is -2.34. The quantitative estimate of drug-likeness (QED) is 0.637. The van der Waals surface area contributed by atoms with Crippen LogP contribution < -0.4 is 5.32 Å². The van der Waals surface area contributed by atoms with Crippen molar-refractivity contribution in [1.82, 2.24) is 0 Å². The molecule has 0 aliphatic heterocycles. The number of esters is 1. The van der Waals surface area contributed by atoms with Gasteiger partial charge in [0, 0.05) is 10.2 Å². The van der Waals surface area contributed by atoms with Gasteiger partial charge in [-0.15, -0.1) is 0 Å². The maximum Gasteiger partial charge on any atom is 0.416 e. The van der Waals surface area contributed by atoms with Crippen LogP contribution in [0, 0.1) is 0 Å². The van der Waals surface area contributed by atoms with Crippen molar-refractivity contribution in [2.45, 2.75) is 6.18 Å². The molecule has 1 aromatic carbocycles. The number of rotatable bonds is 1. The summed E-state index contributed by atoms with van der Waals surface area (Å²) in [4.78, 5) is 21.9. The highest BCUT2D eigenvalue weighted by Gasteiger charge is 2.31. The molecule has 0 saturated carbocycles. The molecule has 0 fully saturated rings. The summed E-state index contributed by atoms with van der Waals surface area (Å²) in [7, 11) is 0.990. The molecule has 0 heterocycles. The molecule has 0 saturated heterocycles. The third-order valence-corrected chi connectivity index (χ3v) is 2.31. The van der Waals surface area contributed by atoms with E-state index in [4.69, 9.17) is 0 Å². The van der Waals surface area contributed by atoms with Crippen LogP contribution in [-0.4, -0.2) is 19.0 Å². The van der Waals surface area contributed by atoms with Crippen molar-refractivity contribution in [2.75, 3.05) is 12.4 Å². The van der Waals surface area contributed by atoms with Gasteiger partial charge in [-0.25, -0.2) is 4.79 Å². The number of ether oxygens (including phenoxy) is 1. The predicted molar refractivity (Wildman–Crippen MR) is 59.8 cm³/mol. The first kappa shape index (κ1) is 14.5. The molecule has 0 aliphatic carbocycles. The van der Waals surface area contributed by atoms with Crippen molar-refractivity contribution in [2.24, 2.45) is 0 Å². The van der Waals surface area contributed by atoms with Crippen molar-refractivity contribution in [1.29, 1.82) is 0 Å². The van der Waals surface area contributed by atoms with E-state index in [1.165, 1.54) is 6.07 Å². The van der Waals surface area contributed by atoms with Crippen LogP contribution in [0.4, 0.5) is 18.9 Å². The molecule has 1 rings (SSSR count). The number of anilines is 1. The Balaban J connectivity index is 3.01. The zero-order valence-electron chi connectivity index (χ0n) is 8.97. The summed E-state index contributed by atoms with van der Waals surface area (Å²) in [6, 6.07) is 2.80. The summed E-state index contributed by atoms with van der Waals surface area (Å²) in [6.45, 7) is 0. The van der Waals surface area contributed by atoms with E-state index >= 15 is 0 Å². The number of nitrogens with one attached hydrogen (secondary N) is 1. The Kier molecular flexibility index (Phi) is 4.33. The molecule has 0 aromatic heterocycles. The number of hydrogen-bond donors (Lipinski definition) is 1. The van der Waals surface area contributed by atoms with Crippen LogP contribution in [-0.2, 0) is 20.5 Å². The van der Waals surface area contributed by atoms with Crippen LogP contribution in [0.5, 0.6) is 0 Å². The first-order valence-corrected chi connectivity index (χ1v) is 5.30. The van der Waals surface area contributed by atoms with Crippen LogP contribution in [0.1, 0.15) is 5.56 Å². The molecule has 1 aromatic rings. The SMILES string of the molecule is COC(=O)C(=O)Nc1cc(Br)cc(C(F)(F)F)c1. The van der Waals surface area contributed by atoms with Crippen molar-refractivity contribution in [3.05, 3.63) is 28.2 Å². The van der Waals surface area contributed by atoms with Gasteiger partial charge < -0.3 is 10.1 Å². The van der Waals surface area contributed by atoms with Crippen LogP contribution in [0.2, 0.25) is 0 Å².